The van der Waals surface area contributed by atoms with Crippen LogP contribution in [0.3, 0.4) is 0 Å². The molecule has 0 aromatic heterocycles. The number of rotatable bonds is 8. The van der Waals surface area contributed by atoms with Gasteiger partial charge in [0.25, 0.3) is 0 Å². The topological polar surface area (TPSA) is 3.24 Å². The molecule has 0 heterocycles. The van der Waals surface area contributed by atoms with Crippen LogP contribution in [-0.2, 0) is 0 Å². The van der Waals surface area contributed by atoms with E-state index in [2.05, 4.69) is 241 Å². The quantitative estimate of drug-likeness (QED) is 0.141. The molecule has 1 heteroatoms. The minimum Gasteiger partial charge on any atom is -0.310 e. The van der Waals surface area contributed by atoms with E-state index in [1.54, 1.807) is 0 Å². The molecule has 0 saturated carbocycles. The zero-order chi connectivity index (χ0) is 38.0. The molecule has 0 atom stereocenters. The molecule has 0 spiro atoms. The Morgan fingerprint density at radius 3 is 1.19 bits per heavy atom. The van der Waals surface area contributed by atoms with Crippen LogP contribution in [0.1, 0.15) is 0 Å². The molecule has 0 unspecified atom stereocenters. The minimum absolute atomic E-state index is 1.09. The van der Waals surface area contributed by atoms with Crippen LogP contribution in [0, 0.1) is 0 Å². The summed E-state index contributed by atoms with van der Waals surface area (Å²) in [6.45, 7) is 0. The van der Waals surface area contributed by atoms with Gasteiger partial charge in [-0.1, -0.05) is 194 Å². The van der Waals surface area contributed by atoms with Crippen LogP contribution in [-0.4, -0.2) is 0 Å². The van der Waals surface area contributed by atoms with Crippen molar-refractivity contribution in [1.29, 1.82) is 0 Å². The SMILES string of the molecule is c1ccc(-c2ccc(N(c3ccc(-c4ccc(-c5cc6ccccc6c6ccccc56)cc4)cc3)c3ccc(-c4ccccc4)cc3-c3ccccc3)cc2)cc1. The predicted molar refractivity (Wildman–Crippen MR) is 243 cm³/mol. The van der Waals surface area contributed by atoms with E-state index in [9.17, 15) is 0 Å². The van der Waals surface area contributed by atoms with Gasteiger partial charge in [0.05, 0.1) is 5.69 Å². The van der Waals surface area contributed by atoms with Crippen molar-refractivity contribution in [1.82, 2.24) is 0 Å². The third kappa shape index (κ3) is 6.66. The molecule has 0 aliphatic heterocycles. The van der Waals surface area contributed by atoms with Gasteiger partial charge in [-0.25, -0.2) is 0 Å². The second-order valence-corrected chi connectivity index (χ2v) is 14.5. The molecule has 0 fully saturated rings. The summed E-state index contributed by atoms with van der Waals surface area (Å²) in [4.78, 5) is 2.39. The smallest absolute Gasteiger partial charge is 0.0540 e. The Bertz CT molecular complexity index is 2950. The van der Waals surface area contributed by atoms with Gasteiger partial charge in [-0.05, 0) is 114 Å². The molecule has 0 radical (unpaired) electrons. The molecular weight excluding hydrogens is 687 g/mol. The van der Waals surface area contributed by atoms with E-state index in [1.165, 1.54) is 77.2 Å². The van der Waals surface area contributed by atoms with E-state index >= 15 is 0 Å². The highest BCUT2D eigenvalue weighted by Gasteiger charge is 2.19. The van der Waals surface area contributed by atoms with Crippen molar-refractivity contribution in [2.75, 3.05) is 4.90 Å². The van der Waals surface area contributed by atoms with Gasteiger partial charge < -0.3 is 4.90 Å². The molecule has 0 aliphatic rings. The van der Waals surface area contributed by atoms with Crippen molar-refractivity contribution >= 4 is 38.6 Å². The van der Waals surface area contributed by atoms with Crippen LogP contribution in [0.25, 0.3) is 77.2 Å². The molecule has 0 amide bonds. The molecule has 10 aromatic rings. The minimum atomic E-state index is 1.09. The van der Waals surface area contributed by atoms with Gasteiger partial charge in [-0.3, -0.25) is 0 Å². The molecule has 268 valence electrons. The summed E-state index contributed by atoms with van der Waals surface area (Å²) in [5, 5.41) is 5.11. The number of nitrogens with zero attached hydrogens (tertiary/aromatic N) is 1. The Labute approximate surface area is 334 Å². The molecule has 57 heavy (non-hydrogen) atoms. The van der Waals surface area contributed by atoms with E-state index in [4.69, 9.17) is 0 Å². The normalized spacial score (nSPS) is 11.2. The number of fused-ring (bicyclic) bond motifs is 3. The summed E-state index contributed by atoms with van der Waals surface area (Å²) in [7, 11) is 0. The van der Waals surface area contributed by atoms with Gasteiger partial charge in [0, 0.05) is 16.9 Å². The largest absolute Gasteiger partial charge is 0.310 e. The van der Waals surface area contributed by atoms with Crippen molar-refractivity contribution in [2.45, 2.75) is 0 Å². The van der Waals surface area contributed by atoms with Gasteiger partial charge in [0.1, 0.15) is 0 Å². The first-order valence-corrected chi connectivity index (χ1v) is 19.6. The maximum Gasteiger partial charge on any atom is 0.0540 e. The Morgan fingerprint density at radius 2 is 0.614 bits per heavy atom. The first kappa shape index (κ1) is 34.0. The standard InChI is InChI=1S/C56H39N/c1-4-14-40(15-5-1)43-28-33-49(34-29-43)57(56-37-32-47(41-16-6-2-7-17-41)38-55(56)45-18-8-3-9-19-45)50-35-30-44(31-36-50)42-24-26-46(27-25-42)54-39-48-20-10-11-21-51(48)52-22-12-13-23-53(52)54/h1-39H. The highest BCUT2D eigenvalue weighted by atomic mass is 15.1. The molecule has 0 bridgehead atoms. The molecule has 0 N–H and O–H groups in total. The summed E-state index contributed by atoms with van der Waals surface area (Å²) in [5.41, 5.74) is 15.3. The molecule has 10 aromatic carbocycles. The molecule has 10 rings (SSSR count). The Hall–Kier alpha value is -7.48. The summed E-state index contributed by atoms with van der Waals surface area (Å²) in [6, 6.07) is 85.6. The summed E-state index contributed by atoms with van der Waals surface area (Å²) < 4.78 is 0. The summed E-state index contributed by atoms with van der Waals surface area (Å²) in [6.07, 6.45) is 0. The molecular formula is C56H39N. The van der Waals surface area contributed by atoms with Crippen molar-refractivity contribution in [3.63, 3.8) is 0 Å². The molecule has 1 nitrogen and oxygen atoms in total. The monoisotopic (exact) mass is 725 g/mol. The van der Waals surface area contributed by atoms with Gasteiger partial charge in [0.15, 0.2) is 0 Å². The number of anilines is 3. The summed E-state index contributed by atoms with van der Waals surface area (Å²) >= 11 is 0. The van der Waals surface area contributed by atoms with Crippen molar-refractivity contribution < 1.29 is 0 Å². The average molecular weight is 726 g/mol. The predicted octanol–water partition coefficient (Wildman–Crippen LogP) is 15.8. The first-order chi connectivity index (χ1) is 28.3. The van der Waals surface area contributed by atoms with Crippen LogP contribution >= 0.6 is 0 Å². The lowest BCUT2D eigenvalue weighted by atomic mass is 9.92. The fourth-order valence-corrected chi connectivity index (χ4v) is 8.19. The van der Waals surface area contributed by atoms with E-state index in [0.29, 0.717) is 0 Å². The van der Waals surface area contributed by atoms with Gasteiger partial charge in [-0.2, -0.15) is 0 Å². The van der Waals surface area contributed by atoms with Crippen LogP contribution in [0.2, 0.25) is 0 Å². The number of hydrogen-bond acceptors (Lipinski definition) is 1. The van der Waals surface area contributed by atoms with Crippen molar-refractivity contribution in [3.05, 3.63) is 237 Å². The Kier molecular flexibility index (Phi) is 8.95. The fraction of sp³-hybridized carbons (Fsp3) is 0. The second kappa shape index (κ2) is 15.0. The van der Waals surface area contributed by atoms with Gasteiger partial charge in [0.2, 0.25) is 0 Å². The van der Waals surface area contributed by atoms with Crippen molar-refractivity contribution in [2.24, 2.45) is 0 Å². The number of hydrogen-bond donors (Lipinski definition) is 0. The van der Waals surface area contributed by atoms with Crippen LogP contribution in [0.4, 0.5) is 17.1 Å². The van der Waals surface area contributed by atoms with E-state index in [1.807, 2.05) is 0 Å². The van der Waals surface area contributed by atoms with Gasteiger partial charge >= 0.3 is 0 Å². The zero-order valence-corrected chi connectivity index (χ0v) is 31.5. The van der Waals surface area contributed by atoms with E-state index < -0.39 is 0 Å². The molecule has 0 saturated heterocycles. The van der Waals surface area contributed by atoms with Crippen LogP contribution < -0.4 is 4.90 Å². The third-order valence-corrected chi connectivity index (χ3v) is 11.1. The molecule has 0 aliphatic carbocycles. The maximum atomic E-state index is 2.39. The van der Waals surface area contributed by atoms with E-state index in [-0.39, 0.29) is 0 Å². The van der Waals surface area contributed by atoms with Crippen LogP contribution in [0.15, 0.2) is 237 Å². The fourth-order valence-electron chi connectivity index (χ4n) is 8.19. The van der Waals surface area contributed by atoms with Gasteiger partial charge in [-0.15, -0.1) is 0 Å². The zero-order valence-electron chi connectivity index (χ0n) is 31.5. The van der Waals surface area contributed by atoms with Crippen molar-refractivity contribution in [3.8, 4) is 55.6 Å². The number of benzene rings is 10. The second-order valence-electron chi connectivity index (χ2n) is 14.5. The lowest BCUT2D eigenvalue weighted by molar-refractivity contribution is 1.28. The Balaban J connectivity index is 1.05. The average Bonchev–Trinajstić information content (AvgIpc) is 3.30. The Morgan fingerprint density at radius 1 is 0.228 bits per heavy atom. The third-order valence-electron chi connectivity index (χ3n) is 11.1. The lowest BCUT2D eigenvalue weighted by Gasteiger charge is -2.29. The summed E-state index contributed by atoms with van der Waals surface area (Å²) in [5.74, 6) is 0. The highest BCUT2D eigenvalue weighted by molar-refractivity contribution is 6.13. The first-order valence-electron chi connectivity index (χ1n) is 19.6. The maximum absolute atomic E-state index is 2.39. The van der Waals surface area contributed by atoms with E-state index in [0.717, 1.165) is 17.1 Å². The highest BCUT2D eigenvalue weighted by Crippen LogP contribution is 2.44. The van der Waals surface area contributed by atoms with Crippen LogP contribution in [0.5, 0.6) is 0 Å². The lowest BCUT2D eigenvalue weighted by Crippen LogP contribution is -2.11.